The Morgan fingerprint density at radius 1 is 1.30 bits per heavy atom. The number of carboxylic acid groups (broad SMARTS) is 1. The summed E-state index contributed by atoms with van der Waals surface area (Å²) in [6, 6.07) is 5.64. The predicted octanol–water partition coefficient (Wildman–Crippen LogP) is -0.844. The number of halogens is 2. The van der Waals surface area contributed by atoms with E-state index in [0.29, 0.717) is 11.3 Å². The summed E-state index contributed by atoms with van der Waals surface area (Å²) in [6.07, 6.45) is 0. The monoisotopic (exact) mass is 346 g/mol. The molecule has 0 fully saturated rings. The van der Waals surface area contributed by atoms with Gasteiger partial charge in [-0.25, -0.2) is 9.37 Å². The Hall–Kier alpha value is -1.21. The van der Waals surface area contributed by atoms with Gasteiger partial charge in [-0.2, -0.15) is 4.98 Å². The zero-order valence-electron chi connectivity index (χ0n) is 13.2. The Labute approximate surface area is 160 Å². The van der Waals surface area contributed by atoms with Gasteiger partial charge in [0.15, 0.2) is 5.82 Å². The Kier molecular flexibility index (Phi) is 6.53. The van der Waals surface area contributed by atoms with Gasteiger partial charge in [0.05, 0.1) is 11.0 Å². The van der Waals surface area contributed by atoms with Crippen molar-refractivity contribution < 1.29 is 48.6 Å². The molecule has 0 spiro atoms. The molecule has 0 aliphatic rings. The first-order chi connectivity index (χ1) is 10.2. The normalized spacial score (nSPS) is 10.8. The molecule has 0 N–H and O–H groups in total. The molecule has 0 saturated carbocycles. The van der Waals surface area contributed by atoms with Gasteiger partial charge in [0.2, 0.25) is 5.88 Å². The summed E-state index contributed by atoms with van der Waals surface area (Å²) in [6.45, 7) is 4.39. The van der Waals surface area contributed by atoms with Crippen molar-refractivity contribution in [3.05, 3.63) is 40.8 Å². The van der Waals surface area contributed by atoms with Crippen molar-refractivity contribution in [1.29, 1.82) is 0 Å². The molecule has 1 heterocycles. The van der Waals surface area contributed by atoms with Crippen LogP contribution >= 0.6 is 11.6 Å². The van der Waals surface area contributed by atoms with Crippen LogP contribution in [0.2, 0.25) is 5.02 Å². The van der Waals surface area contributed by atoms with Crippen LogP contribution in [0.15, 0.2) is 24.3 Å². The molecule has 2 rings (SSSR count). The van der Waals surface area contributed by atoms with E-state index >= 15 is 0 Å². The van der Waals surface area contributed by atoms with E-state index in [9.17, 15) is 14.3 Å². The summed E-state index contributed by atoms with van der Waals surface area (Å²) in [5, 5.41) is 11.0. The fourth-order valence-electron chi connectivity index (χ4n) is 1.66. The molecular formula is C15H13ClFN2NaO3. The molecule has 0 radical (unpaired) electrons. The Bertz CT molecular complexity index is 741. The van der Waals surface area contributed by atoms with E-state index in [4.69, 9.17) is 16.3 Å². The smallest absolute Gasteiger partial charge is 0.546 e. The third kappa shape index (κ3) is 4.88. The number of aromatic nitrogens is 2. The van der Waals surface area contributed by atoms with Crippen molar-refractivity contribution >= 4 is 17.6 Å². The number of rotatable bonds is 4. The molecule has 0 amide bonds. The van der Waals surface area contributed by atoms with Crippen LogP contribution in [0.1, 0.15) is 19.5 Å². The second kappa shape index (κ2) is 7.57. The number of nitrogens with zero attached hydrogens (tertiary/aromatic N) is 2. The van der Waals surface area contributed by atoms with Crippen LogP contribution in [0, 0.1) is 12.7 Å². The number of hydrogen-bond acceptors (Lipinski definition) is 5. The molecule has 1 aromatic carbocycles. The number of carbonyl (C=O) groups is 1. The molecule has 0 saturated heterocycles. The summed E-state index contributed by atoms with van der Waals surface area (Å²) in [4.78, 5) is 19.3. The average Bonchev–Trinajstić information content (AvgIpc) is 2.40. The van der Waals surface area contributed by atoms with Crippen molar-refractivity contribution in [2.45, 2.75) is 26.4 Å². The van der Waals surface area contributed by atoms with Crippen LogP contribution < -0.4 is 39.4 Å². The second-order valence-electron chi connectivity index (χ2n) is 5.20. The Morgan fingerprint density at radius 3 is 2.52 bits per heavy atom. The van der Waals surface area contributed by atoms with Crippen molar-refractivity contribution in [1.82, 2.24) is 9.97 Å². The van der Waals surface area contributed by atoms with E-state index in [1.165, 1.54) is 32.0 Å². The van der Waals surface area contributed by atoms with Gasteiger partial charge in [-0.05, 0) is 39.0 Å². The maximum absolute atomic E-state index is 13.5. The summed E-state index contributed by atoms with van der Waals surface area (Å²) >= 11 is 5.64. The van der Waals surface area contributed by atoms with Crippen LogP contribution in [0.5, 0.6) is 5.88 Å². The second-order valence-corrected chi connectivity index (χ2v) is 5.61. The Balaban J connectivity index is 0.00000264. The minimum Gasteiger partial charge on any atom is -0.546 e. The van der Waals surface area contributed by atoms with E-state index < -0.39 is 17.4 Å². The van der Waals surface area contributed by atoms with E-state index in [0.717, 1.165) is 0 Å². The van der Waals surface area contributed by atoms with Crippen LogP contribution in [0.4, 0.5) is 4.39 Å². The van der Waals surface area contributed by atoms with Crippen molar-refractivity contribution in [3.8, 4) is 17.3 Å². The molecule has 0 atom stereocenters. The molecule has 2 aromatic rings. The zero-order chi connectivity index (χ0) is 16.5. The number of ether oxygens (including phenoxy) is 1. The van der Waals surface area contributed by atoms with Crippen molar-refractivity contribution in [2.75, 3.05) is 0 Å². The molecule has 1 aromatic heterocycles. The Morgan fingerprint density at radius 2 is 1.96 bits per heavy atom. The third-order valence-electron chi connectivity index (χ3n) is 2.86. The first-order valence-electron chi connectivity index (χ1n) is 6.40. The quantitative estimate of drug-likeness (QED) is 0.675. The largest absolute Gasteiger partial charge is 1.00 e. The summed E-state index contributed by atoms with van der Waals surface area (Å²) in [5.41, 5.74) is -0.602. The van der Waals surface area contributed by atoms with Gasteiger partial charge >= 0.3 is 29.6 Å². The molecule has 116 valence electrons. The van der Waals surface area contributed by atoms with E-state index in [1.54, 1.807) is 13.0 Å². The standard InChI is InChI=1S/C15H14ClFN2O3.Na/c1-8-6-12(22-15(2,3)14(20)21)19-13(18-8)9-4-5-10(16)11(17)7-9;/h4-7H,1-3H3,(H,20,21);/q;+1/p-1. The van der Waals surface area contributed by atoms with Crippen LogP contribution in [-0.4, -0.2) is 21.5 Å². The van der Waals surface area contributed by atoms with Crippen LogP contribution in [-0.2, 0) is 4.79 Å². The van der Waals surface area contributed by atoms with Gasteiger partial charge in [0, 0.05) is 17.3 Å². The minimum absolute atomic E-state index is 0. The van der Waals surface area contributed by atoms with E-state index in [1.807, 2.05) is 0 Å². The molecular weight excluding hydrogens is 334 g/mol. The van der Waals surface area contributed by atoms with Gasteiger partial charge in [0.25, 0.3) is 0 Å². The SMILES string of the molecule is Cc1cc(OC(C)(C)C(=O)[O-])nc(-c2ccc(Cl)c(F)c2)n1.[Na+]. The fraction of sp³-hybridized carbons (Fsp3) is 0.267. The molecule has 8 heteroatoms. The average molecular weight is 347 g/mol. The molecule has 0 bridgehead atoms. The molecule has 5 nitrogen and oxygen atoms in total. The molecule has 0 aliphatic heterocycles. The maximum atomic E-state index is 13.5. The number of benzene rings is 1. The summed E-state index contributed by atoms with van der Waals surface area (Å²) < 4.78 is 18.9. The van der Waals surface area contributed by atoms with Crippen molar-refractivity contribution in [2.24, 2.45) is 0 Å². The van der Waals surface area contributed by atoms with Gasteiger partial charge in [-0.1, -0.05) is 11.6 Å². The van der Waals surface area contributed by atoms with Crippen LogP contribution in [0.25, 0.3) is 11.4 Å². The first-order valence-corrected chi connectivity index (χ1v) is 6.78. The number of aryl methyl sites for hydroxylation is 1. The minimum atomic E-state index is -1.55. The fourth-order valence-corrected chi connectivity index (χ4v) is 1.78. The van der Waals surface area contributed by atoms with Gasteiger partial charge in [-0.3, -0.25) is 0 Å². The van der Waals surface area contributed by atoms with Gasteiger partial charge in [-0.15, -0.1) is 0 Å². The molecule has 23 heavy (non-hydrogen) atoms. The van der Waals surface area contributed by atoms with Gasteiger partial charge in [0.1, 0.15) is 11.4 Å². The maximum Gasteiger partial charge on any atom is 1.00 e. The number of carbonyl (C=O) groups excluding carboxylic acids is 1. The number of carboxylic acids is 1. The summed E-state index contributed by atoms with van der Waals surface area (Å²) in [5.74, 6) is -1.70. The zero-order valence-corrected chi connectivity index (χ0v) is 15.9. The third-order valence-corrected chi connectivity index (χ3v) is 3.17. The van der Waals surface area contributed by atoms with Crippen LogP contribution in [0.3, 0.4) is 0 Å². The molecule has 0 aliphatic carbocycles. The van der Waals surface area contributed by atoms with E-state index in [-0.39, 0.29) is 46.3 Å². The first kappa shape index (κ1) is 19.8. The summed E-state index contributed by atoms with van der Waals surface area (Å²) in [7, 11) is 0. The van der Waals surface area contributed by atoms with Crippen molar-refractivity contribution in [3.63, 3.8) is 0 Å². The van der Waals surface area contributed by atoms with E-state index in [2.05, 4.69) is 9.97 Å². The predicted molar refractivity (Wildman–Crippen MR) is 76.9 cm³/mol. The topological polar surface area (TPSA) is 75.1 Å². The number of hydrogen-bond donors (Lipinski definition) is 0. The molecule has 0 unspecified atom stereocenters. The van der Waals surface area contributed by atoms with Gasteiger partial charge < -0.3 is 14.6 Å². The number of aliphatic carboxylic acids is 1.